The summed E-state index contributed by atoms with van der Waals surface area (Å²) in [7, 11) is 2.90. The molecule has 56 heavy (non-hydrogen) atoms. The van der Waals surface area contributed by atoms with Gasteiger partial charge in [0.05, 0.1) is 51.9 Å². The second kappa shape index (κ2) is 24.3. The fraction of sp³-hybridized carbons (Fsp3) is 0.471. The van der Waals surface area contributed by atoms with Crippen molar-refractivity contribution in [1.29, 1.82) is 0 Å². The molecule has 2 aromatic carbocycles. The summed E-state index contributed by atoms with van der Waals surface area (Å²) < 4.78 is 37.9. The summed E-state index contributed by atoms with van der Waals surface area (Å²) >= 11 is 0. The first kappa shape index (κ1) is 47.9. The monoisotopic (exact) mass is 798 g/mol. The molecule has 0 aliphatic carbocycles. The van der Waals surface area contributed by atoms with Gasteiger partial charge in [-0.2, -0.15) is 0 Å². The van der Waals surface area contributed by atoms with Gasteiger partial charge in [-0.25, -0.2) is 28.8 Å². The van der Waals surface area contributed by atoms with Crippen LogP contribution in [0, 0.1) is 20.2 Å². The molecule has 4 unspecified atom stereocenters. The highest BCUT2D eigenvalue weighted by Crippen LogP contribution is 2.23. The lowest BCUT2D eigenvalue weighted by Gasteiger charge is -2.22. The molecule has 4 atom stereocenters. The molecule has 22 heteroatoms. The van der Waals surface area contributed by atoms with Gasteiger partial charge in [0.1, 0.15) is 25.9 Å². The average Bonchev–Trinajstić information content (AvgIpc) is 3.16. The maximum atomic E-state index is 11.9. The van der Waals surface area contributed by atoms with E-state index in [0.29, 0.717) is 0 Å². The third kappa shape index (κ3) is 16.1. The molecule has 1 aliphatic rings. The Hall–Kier alpha value is -6.10. The predicted molar refractivity (Wildman–Crippen MR) is 185 cm³/mol. The van der Waals surface area contributed by atoms with Crippen LogP contribution < -0.4 is 0 Å². The number of aliphatic hydroxyl groups excluding tert-OH is 2. The van der Waals surface area contributed by atoms with Crippen molar-refractivity contribution in [1.82, 2.24) is 0 Å². The molecule has 2 N–H and O–H groups in total. The van der Waals surface area contributed by atoms with E-state index in [2.05, 4.69) is 14.2 Å². The van der Waals surface area contributed by atoms with E-state index in [1.54, 1.807) is 0 Å². The maximum absolute atomic E-state index is 11.9. The summed E-state index contributed by atoms with van der Waals surface area (Å²) in [6.07, 6.45) is -4.21. The van der Waals surface area contributed by atoms with Crippen molar-refractivity contribution in [2.75, 3.05) is 40.6 Å². The first-order chi connectivity index (χ1) is 26.4. The van der Waals surface area contributed by atoms with E-state index in [4.69, 9.17) is 33.9 Å². The van der Waals surface area contributed by atoms with Gasteiger partial charge in [0.2, 0.25) is 0 Å². The highest BCUT2D eigenvalue weighted by molar-refractivity contribution is 5.91. The molecular formula is C34H42N2O20. The quantitative estimate of drug-likeness (QED) is 0.0799. The van der Waals surface area contributed by atoms with Crippen molar-refractivity contribution in [3.05, 3.63) is 78.9 Å². The van der Waals surface area contributed by atoms with Crippen LogP contribution in [0.4, 0.5) is 11.4 Å². The molecule has 0 aromatic heterocycles. The van der Waals surface area contributed by atoms with Crippen LogP contribution in [-0.2, 0) is 70.3 Å². The number of cyclic esters (lactones) is 2. The smallest absolute Gasteiger partial charge is 0.347 e. The van der Waals surface area contributed by atoms with Crippen LogP contribution in [0.15, 0.2) is 36.4 Å². The zero-order valence-electron chi connectivity index (χ0n) is 31.2. The first-order valence-corrected chi connectivity index (χ1v) is 16.3. The summed E-state index contributed by atoms with van der Waals surface area (Å²) in [6.45, 7) is 4.92. The predicted octanol–water partition coefficient (Wildman–Crippen LogP) is 1.51. The molecule has 0 radical (unpaired) electrons. The number of esters is 6. The molecular weight excluding hydrogens is 756 g/mol. The van der Waals surface area contributed by atoms with Crippen LogP contribution in [0.2, 0.25) is 0 Å². The van der Waals surface area contributed by atoms with Crippen LogP contribution in [0.1, 0.15) is 59.5 Å². The number of nitro groups is 2. The van der Waals surface area contributed by atoms with Gasteiger partial charge >= 0.3 is 35.8 Å². The molecule has 1 aliphatic heterocycles. The molecule has 0 saturated carbocycles. The summed E-state index contributed by atoms with van der Waals surface area (Å²) in [5, 5.41) is 40.0. The average molecular weight is 799 g/mol. The molecule has 2 aromatic rings. The van der Waals surface area contributed by atoms with Gasteiger partial charge in [-0.1, -0.05) is 0 Å². The molecule has 1 heterocycles. The maximum Gasteiger partial charge on any atom is 0.347 e. The van der Waals surface area contributed by atoms with Gasteiger partial charge in [-0.05, 0) is 52.0 Å². The van der Waals surface area contributed by atoms with Crippen LogP contribution in [0.25, 0.3) is 0 Å². The fourth-order valence-corrected chi connectivity index (χ4v) is 3.80. The van der Waals surface area contributed by atoms with Crippen LogP contribution in [0.3, 0.4) is 0 Å². The minimum absolute atomic E-state index is 0.00837. The molecule has 3 rings (SSSR count). The Bertz CT molecular complexity index is 1690. The number of nitro benzene ring substituents is 2. The van der Waals surface area contributed by atoms with Crippen molar-refractivity contribution in [2.24, 2.45) is 0 Å². The van der Waals surface area contributed by atoms with Crippen LogP contribution >= 0.6 is 0 Å². The zero-order valence-corrected chi connectivity index (χ0v) is 31.2. The minimum Gasteiger partial charge on any atom is -0.460 e. The second-order valence-electron chi connectivity index (χ2n) is 11.1. The van der Waals surface area contributed by atoms with E-state index in [1.807, 2.05) is 0 Å². The van der Waals surface area contributed by atoms with E-state index in [0.717, 1.165) is 12.1 Å². The lowest BCUT2D eigenvalue weighted by atomic mass is 10.1. The van der Waals surface area contributed by atoms with Crippen LogP contribution in [-0.4, -0.2) is 121 Å². The van der Waals surface area contributed by atoms with Crippen molar-refractivity contribution < 1.29 is 86.7 Å². The molecule has 1 fully saturated rings. The van der Waals surface area contributed by atoms with E-state index < -0.39 is 89.0 Å². The number of benzene rings is 2. The fourth-order valence-electron chi connectivity index (χ4n) is 3.80. The van der Waals surface area contributed by atoms with Crippen LogP contribution in [0.5, 0.6) is 0 Å². The Balaban J connectivity index is 0.000000474. The normalized spacial score (nSPS) is 15.4. The molecule has 0 spiro atoms. The number of hydrogen-bond donors (Lipinski definition) is 2. The van der Waals surface area contributed by atoms with E-state index in [-0.39, 0.29) is 54.4 Å². The SMILES string of the molecule is CC1OC(=O)C(C)OC1=O.COCCOC(=O)c1ccc(CO)c([N+](=O)[O-])c1.COCCOC(=O)c1ccc(COC(=O)C(C)OC(=O)C(C)O)c([N+](=O)[O-])c1. The van der Waals surface area contributed by atoms with Gasteiger partial charge in [-0.3, -0.25) is 20.2 Å². The Kier molecular flexibility index (Phi) is 20.8. The summed E-state index contributed by atoms with van der Waals surface area (Å²) in [4.78, 5) is 88.4. The summed E-state index contributed by atoms with van der Waals surface area (Å²) in [5.41, 5.74) is -0.553. The van der Waals surface area contributed by atoms with Gasteiger partial charge in [0.25, 0.3) is 11.4 Å². The van der Waals surface area contributed by atoms with Gasteiger partial charge < -0.3 is 48.1 Å². The Morgan fingerprint density at radius 1 is 0.732 bits per heavy atom. The minimum atomic E-state index is -1.41. The summed E-state index contributed by atoms with van der Waals surface area (Å²) in [6, 6.07) is 7.33. The number of carbonyl (C=O) groups is 6. The molecule has 22 nitrogen and oxygen atoms in total. The Labute approximate surface area is 318 Å². The second-order valence-corrected chi connectivity index (χ2v) is 11.1. The molecule has 0 bridgehead atoms. The van der Waals surface area contributed by atoms with E-state index >= 15 is 0 Å². The number of hydrogen-bond acceptors (Lipinski definition) is 20. The van der Waals surface area contributed by atoms with Crippen molar-refractivity contribution in [2.45, 2.75) is 65.3 Å². The Morgan fingerprint density at radius 2 is 1.16 bits per heavy atom. The number of carbonyl (C=O) groups excluding carboxylic acids is 6. The lowest BCUT2D eigenvalue weighted by molar-refractivity contribution is -0.386. The highest BCUT2D eigenvalue weighted by Gasteiger charge is 2.32. The Morgan fingerprint density at radius 3 is 1.55 bits per heavy atom. The number of aliphatic hydroxyl groups is 2. The lowest BCUT2D eigenvalue weighted by Crippen LogP contribution is -2.40. The van der Waals surface area contributed by atoms with E-state index in [9.17, 15) is 49.0 Å². The molecule has 0 amide bonds. The van der Waals surface area contributed by atoms with Crippen molar-refractivity contribution in [3.63, 3.8) is 0 Å². The standard InChI is InChI=1S/C17H21NO10.C11H13NO6.C6H8O4/c1-10(19)15(20)28-11(2)16(21)27-9-13-5-4-12(8-14(13)18(23)24)17(22)26-7-6-25-3;1-17-4-5-18-11(14)8-2-3-9(7-13)10(6-8)12(15)16;1-3-5(7)10-4(2)6(8)9-3/h4-5,8,10-11,19H,6-7,9H2,1-3H3;2-3,6,13H,4-5,7H2,1H3;3-4H,1-2H3. The third-order valence-corrected chi connectivity index (χ3v) is 6.83. The topological polar surface area (TPSA) is 303 Å². The summed E-state index contributed by atoms with van der Waals surface area (Å²) in [5.74, 6) is -4.35. The van der Waals surface area contributed by atoms with Crippen molar-refractivity contribution in [3.8, 4) is 0 Å². The first-order valence-electron chi connectivity index (χ1n) is 16.3. The van der Waals surface area contributed by atoms with Gasteiger partial charge in [-0.15, -0.1) is 0 Å². The molecule has 308 valence electrons. The number of ether oxygens (including phenoxy) is 8. The van der Waals surface area contributed by atoms with Gasteiger partial charge in [0.15, 0.2) is 18.3 Å². The highest BCUT2D eigenvalue weighted by atomic mass is 16.7. The van der Waals surface area contributed by atoms with Crippen molar-refractivity contribution >= 4 is 47.2 Å². The zero-order chi connectivity index (χ0) is 42.5. The van der Waals surface area contributed by atoms with E-state index in [1.165, 1.54) is 66.2 Å². The number of nitrogens with zero attached hydrogens (tertiary/aromatic N) is 2. The van der Waals surface area contributed by atoms with Gasteiger partial charge in [0, 0.05) is 26.4 Å². The largest absolute Gasteiger partial charge is 0.460 e. The molecule has 1 saturated heterocycles. The number of rotatable bonds is 16. The number of methoxy groups -OCH3 is 2. The third-order valence-electron chi connectivity index (χ3n) is 6.83.